The number of nitrogens with zero attached hydrogens (tertiary/aromatic N) is 1. The molecule has 3 aromatic rings. The molecule has 2 heterocycles. The number of ether oxygens (including phenoxy) is 1. The third kappa shape index (κ3) is 4.52. The molecule has 0 unspecified atom stereocenters. The van der Waals surface area contributed by atoms with Crippen LogP contribution in [-0.2, 0) is 4.74 Å². The first-order valence-corrected chi connectivity index (χ1v) is 10.4. The lowest BCUT2D eigenvalue weighted by Gasteiger charge is -2.22. The van der Waals surface area contributed by atoms with Gasteiger partial charge in [-0.2, -0.15) is 0 Å². The molecule has 5 heteroatoms. The molecule has 1 fully saturated rings. The van der Waals surface area contributed by atoms with E-state index in [0.29, 0.717) is 17.3 Å². The Morgan fingerprint density at radius 2 is 1.80 bits per heavy atom. The molecule has 2 aromatic carbocycles. The largest absolute Gasteiger partial charge is 0.383 e. The Bertz CT molecular complexity index is 997. The van der Waals surface area contributed by atoms with Gasteiger partial charge in [-0.3, -0.25) is 4.79 Å². The first-order valence-electron chi connectivity index (χ1n) is 10.4. The maximum Gasteiger partial charge on any atom is 0.251 e. The molecule has 0 radical (unpaired) electrons. The third-order valence-electron chi connectivity index (χ3n) is 5.74. The summed E-state index contributed by atoms with van der Waals surface area (Å²) >= 11 is 0. The summed E-state index contributed by atoms with van der Waals surface area (Å²) in [7, 11) is 0. The molecule has 30 heavy (non-hydrogen) atoms. The van der Waals surface area contributed by atoms with Crippen LogP contribution in [0, 0.1) is 0 Å². The van der Waals surface area contributed by atoms with Gasteiger partial charge in [0.05, 0.1) is 6.04 Å². The highest BCUT2D eigenvalue weighted by atomic mass is 16.5. The molecule has 1 saturated heterocycles. The lowest BCUT2D eigenvalue weighted by atomic mass is 9.91. The van der Waals surface area contributed by atoms with Gasteiger partial charge in [-0.1, -0.05) is 42.5 Å². The molecule has 1 amide bonds. The summed E-state index contributed by atoms with van der Waals surface area (Å²) in [4.78, 5) is 17.1. The molecule has 1 atom stereocenters. The molecular weight excluding hydrogens is 374 g/mol. The molecular formula is C25H27N3O2. The van der Waals surface area contributed by atoms with E-state index in [9.17, 15) is 4.79 Å². The SMILES string of the molecule is C[C@@H](NC(=O)c1ccc(-c2cc(C3CCOCC3)cnc2N)cc1)c1ccccc1. The van der Waals surface area contributed by atoms with Crippen LogP contribution < -0.4 is 11.1 Å². The molecule has 154 valence electrons. The first kappa shape index (κ1) is 20.1. The van der Waals surface area contributed by atoms with Gasteiger partial charge in [-0.25, -0.2) is 4.98 Å². The second-order valence-corrected chi connectivity index (χ2v) is 7.77. The number of amides is 1. The van der Waals surface area contributed by atoms with Crippen molar-refractivity contribution in [3.05, 3.63) is 83.6 Å². The average Bonchev–Trinajstić information content (AvgIpc) is 2.80. The summed E-state index contributed by atoms with van der Waals surface area (Å²) < 4.78 is 5.47. The summed E-state index contributed by atoms with van der Waals surface area (Å²) in [6.07, 6.45) is 3.88. The Hall–Kier alpha value is -3.18. The van der Waals surface area contributed by atoms with Crippen LogP contribution in [0.2, 0.25) is 0 Å². The van der Waals surface area contributed by atoms with E-state index in [1.165, 1.54) is 5.56 Å². The van der Waals surface area contributed by atoms with Gasteiger partial charge in [-0.05, 0) is 60.6 Å². The van der Waals surface area contributed by atoms with E-state index >= 15 is 0 Å². The van der Waals surface area contributed by atoms with Gasteiger partial charge in [0, 0.05) is 30.5 Å². The van der Waals surface area contributed by atoms with Gasteiger partial charge >= 0.3 is 0 Å². The average molecular weight is 402 g/mol. The number of nitrogen functional groups attached to an aromatic ring is 1. The van der Waals surface area contributed by atoms with Gasteiger partial charge in [0.25, 0.3) is 5.91 Å². The van der Waals surface area contributed by atoms with E-state index < -0.39 is 0 Å². The molecule has 0 bridgehead atoms. The topological polar surface area (TPSA) is 77.2 Å². The fourth-order valence-electron chi connectivity index (χ4n) is 3.88. The van der Waals surface area contributed by atoms with Crippen LogP contribution in [-0.4, -0.2) is 24.1 Å². The van der Waals surface area contributed by atoms with Crippen molar-refractivity contribution in [1.29, 1.82) is 0 Å². The minimum Gasteiger partial charge on any atom is -0.383 e. The van der Waals surface area contributed by atoms with Crippen molar-refractivity contribution in [2.45, 2.75) is 31.7 Å². The molecule has 4 rings (SSSR count). The highest BCUT2D eigenvalue weighted by Crippen LogP contribution is 2.32. The number of nitrogens with two attached hydrogens (primary N) is 1. The first-order chi connectivity index (χ1) is 14.6. The summed E-state index contributed by atoms with van der Waals surface area (Å²) in [5.74, 6) is 0.857. The molecule has 1 aromatic heterocycles. The number of carbonyl (C=O) groups is 1. The molecule has 5 nitrogen and oxygen atoms in total. The van der Waals surface area contributed by atoms with E-state index in [-0.39, 0.29) is 11.9 Å². The van der Waals surface area contributed by atoms with Crippen molar-refractivity contribution in [2.75, 3.05) is 18.9 Å². The molecule has 0 aliphatic carbocycles. The Balaban J connectivity index is 1.50. The predicted molar refractivity (Wildman–Crippen MR) is 119 cm³/mol. The lowest BCUT2D eigenvalue weighted by molar-refractivity contribution is 0.0853. The van der Waals surface area contributed by atoms with Crippen molar-refractivity contribution in [1.82, 2.24) is 10.3 Å². The van der Waals surface area contributed by atoms with Crippen LogP contribution in [0.15, 0.2) is 66.9 Å². The van der Waals surface area contributed by atoms with E-state index in [1.54, 1.807) is 0 Å². The second-order valence-electron chi connectivity index (χ2n) is 7.77. The minimum atomic E-state index is -0.0973. The molecule has 0 saturated carbocycles. The number of anilines is 1. The lowest BCUT2D eigenvalue weighted by Crippen LogP contribution is -2.26. The van der Waals surface area contributed by atoms with Crippen molar-refractivity contribution in [3.63, 3.8) is 0 Å². The zero-order chi connectivity index (χ0) is 20.9. The van der Waals surface area contributed by atoms with Crippen molar-refractivity contribution >= 4 is 11.7 Å². The number of hydrogen-bond donors (Lipinski definition) is 2. The van der Waals surface area contributed by atoms with Crippen molar-refractivity contribution < 1.29 is 9.53 Å². The van der Waals surface area contributed by atoms with Gasteiger partial charge < -0.3 is 15.8 Å². The number of carbonyl (C=O) groups excluding carboxylic acids is 1. The number of rotatable bonds is 5. The molecule has 3 N–H and O–H groups in total. The second kappa shape index (κ2) is 9.09. The van der Waals surface area contributed by atoms with Crippen LogP contribution in [0.3, 0.4) is 0 Å². The van der Waals surface area contributed by atoms with Crippen LogP contribution >= 0.6 is 0 Å². The molecule has 1 aliphatic rings. The fourth-order valence-corrected chi connectivity index (χ4v) is 3.88. The third-order valence-corrected chi connectivity index (χ3v) is 5.74. The zero-order valence-electron chi connectivity index (χ0n) is 17.2. The smallest absolute Gasteiger partial charge is 0.251 e. The maximum absolute atomic E-state index is 12.6. The van der Waals surface area contributed by atoms with Crippen LogP contribution in [0.25, 0.3) is 11.1 Å². The zero-order valence-corrected chi connectivity index (χ0v) is 17.2. The van der Waals surface area contributed by atoms with Crippen molar-refractivity contribution in [2.24, 2.45) is 0 Å². The number of benzene rings is 2. The highest BCUT2D eigenvalue weighted by Gasteiger charge is 2.18. The van der Waals surface area contributed by atoms with Gasteiger partial charge in [0.15, 0.2) is 0 Å². The minimum absolute atomic E-state index is 0.0608. The Kier molecular flexibility index (Phi) is 6.10. The van der Waals surface area contributed by atoms with E-state index in [0.717, 1.165) is 42.7 Å². The van der Waals surface area contributed by atoms with Crippen LogP contribution in [0.5, 0.6) is 0 Å². The van der Waals surface area contributed by atoms with Crippen LogP contribution in [0.4, 0.5) is 5.82 Å². The maximum atomic E-state index is 12.6. The molecule has 0 spiro atoms. The van der Waals surface area contributed by atoms with E-state index in [1.807, 2.05) is 67.7 Å². The fraction of sp³-hybridized carbons (Fsp3) is 0.280. The normalized spacial score (nSPS) is 15.5. The van der Waals surface area contributed by atoms with E-state index in [2.05, 4.69) is 16.4 Å². The highest BCUT2D eigenvalue weighted by molar-refractivity contribution is 5.95. The number of nitrogens with one attached hydrogen (secondary N) is 1. The summed E-state index contributed by atoms with van der Waals surface area (Å²) in [5.41, 5.74) is 10.9. The Morgan fingerprint density at radius 1 is 1.10 bits per heavy atom. The molecule has 1 aliphatic heterocycles. The van der Waals surface area contributed by atoms with Gasteiger partial charge in [0.2, 0.25) is 0 Å². The predicted octanol–water partition coefficient (Wildman–Crippen LogP) is 4.72. The van der Waals surface area contributed by atoms with Crippen molar-refractivity contribution in [3.8, 4) is 11.1 Å². The van der Waals surface area contributed by atoms with Gasteiger partial charge in [-0.15, -0.1) is 0 Å². The number of aromatic nitrogens is 1. The monoisotopic (exact) mass is 401 g/mol. The number of pyridine rings is 1. The number of hydrogen-bond acceptors (Lipinski definition) is 4. The van der Waals surface area contributed by atoms with Crippen LogP contribution in [0.1, 0.15) is 53.2 Å². The summed E-state index contributed by atoms with van der Waals surface area (Å²) in [5, 5.41) is 3.05. The Labute approximate surface area is 177 Å². The van der Waals surface area contributed by atoms with E-state index in [4.69, 9.17) is 10.5 Å². The quantitative estimate of drug-likeness (QED) is 0.649. The standard InChI is InChI=1S/C25H27N3O2/c1-17(18-5-3-2-4-6-18)28-25(29)21-9-7-20(8-10-21)23-15-22(16-27-24(23)26)19-11-13-30-14-12-19/h2-10,15-17,19H,11-14H2,1H3,(H2,26,27)(H,28,29)/t17-/m1/s1. The summed E-state index contributed by atoms with van der Waals surface area (Å²) in [6.45, 7) is 3.56. The Morgan fingerprint density at radius 3 is 2.50 bits per heavy atom. The van der Waals surface area contributed by atoms with Gasteiger partial charge in [0.1, 0.15) is 5.82 Å². The summed E-state index contributed by atoms with van der Waals surface area (Å²) in [6, 6.07) is 19.5.